The normalized spacial score (nSPS) is 11.6. The van der Waals surface area contributed by atoms with Crippen LogP contribution in [0.2, 0.25) is 0 Å². The second-order valence-electron chi connectivity index (χ2n) is 14.9. The van der Waals surface area contributed by atoms with E-state index in [1.165, 1.54) is 109 Å². The molecular formula is C56H36. The maximum Gasteiger partial charge on any atom is -0.00264 e. The van der Waals surface area contributed by atoms with Crippen LogP contribution in [-0.4, -0.2) is 0 Å². The average molecular weight is 709 g/mol. The maximum absolute atomic E-state index is 2.37. The maximum atomic E-state index is 2.37. The van der Waals surface area contributed by atoms with Crippen LogP contribution in [0.15, 0.2) is 218 Å². The highest BCUT2D eigenvalue weighted by Gasteiger charge is 2.19. The molecule has 0 aliphatic rings. The summed E-state index contributed by atoms with van der Waals surface area (Å²) in [5.74, 6) is 0. The van der Waals surface area contributed by atoms with Crippen LogP contribution in [0.5, 0.6) is 0 Å². The summed E-state index contributed by atoms with van der Waals surface area (Å²) in [6.45, 7) is 0. The Morgan fingerprint density at radius 1 is 0.179 bits per heavy atom. The van der Waals surface area contributed by atoms with E-state index in [0.717, 1.165) is 0 Å². The fourth-order valence-electron chi connectivity index (χ4n) is 8.77. The van der Waals surface area contributed by atoms with E-state index >= 15 is 0 Å². The molecule has 0 unspecified atom stereocenters. The minimum Gasteiger partial charge on any atom is -0.0616 e. The molecular weight excluding hydrogens is 673 g/mol. The highest BCUT2D eigenvalue weighted by atomic mass is 14.2. The van der Waals surface area contributed by atoms with Gasteiger partial charge >= 0.3 is 0 Å². The van der Waals surface area contributed by atoms with Gasteiger partial charge < -0.3 is 0 Å². The van der Waals surface area contributed by atoms with Gasteiger partial charge in [0, 0.05) is 0 Å². The Morgan fingerprint density at radius 3 is 0.929 bits per heavy atom. The van der Waals surface area contributed by atoms with E-state index in [-0.39, 0.29) is 0 Å². The molecule has 260 valence electrons. The lowest BCUT2D eigenvalue weighted by Crippen LogP contribution is -1.93. The number of rotatable bonds is 5. The molecule has 0 amide bonds. The molecule has 0 aliphatic carbocycles. The second-order valence-corrected chi connectivity index (χ2v) is 14.9. The summed E-state index contributed by atoms with van der Waals surface area (Å²) in [4.78, 5) is 0. The minimum atomic E-state index is 1.20. The molecule has 0 aromatic heterocycles. The van der Waals surface area contributed by atoms with Gasteiger partial charge in [0.15, 0.2) is 0 Å². The highest BCUT2D eigenvalue weighted by Crippen LogP contribution is 2.46. The van der Waals surface area contributed by atoms with Crippen molar-refractivity contribution in [3.8, 4) is 55.6 Å². The van der Waals surface area contributed by atoms with Crippen LogP contribution >= 0.6 is 0 Å². The van der Waals surface area contributed by atoms with Gasteiger partial charge in [0.05, 0.1) is 0 Å². The molecule has 0 heteroatoms. The molecule has 0 bridgehead atoms. The Bertz CT molecular complexity index is 3290. The van der Waals surface area contributed by atoms with E-state index in [2.05, 4.69) is 218 Å². The van der Waals surface area contributed by atoms with Gasteiger partial charge in [0.25, 0.3) is 0 Å². The third kappa shape index (κ3) is 5.54. The fourth-order valence-corrected chi connectivity index (χ4v) is 8.77. The predicted molar refractivity (Wildman–Crippen MR) is 241 cm³/mol. The molecule has 0 heterocycles. The first-order chi connectivity index (χ1) is 27.7. The number of hydrogen-bond acceptors (Lipinski definition) is 0. The molecule has 0 fully saturated rings. The fraction of sp³-hybridized carbons (Fsp3) is 0. The zero-order valence-corrected chi connectivity index (χ0v) is 30.8. The van der Waals surface area contributed by atoms with E-state index in [9.17, 15) is 0 Å². The van der Waals surface area contributed by atoms with Crippen molar-refractivity contribution in [2.75, 3.05) is 0 Å². The summed E-state index contributed by atoms with van der Waals surface area (Å²) in [6, 6.07) is 80.6. The first-order valence-corrected chi connectivity index (χ1v) is 19.4. The minimum absolute atomic E-state index is 1.20. The highest BCUT2D eigenvalue weighted by molar-refractivity contribution is 6.14. The molecule has 56 heavy (non-hydrogen) atoms. The first-order valence-electron chi connectivity index (χ1n) is 19.4. The summed E-state index contributed by atoms with van der Waals surface area (Å²) in [5, 5.41) is 12.5. The number of fused-ring (bicyclic) bond motifs is 5. The average Bonchev–Trinajstić information content (AvgIpc) is 3.27. The van der Waals surface area contributed by atoms with Crippen LogP contribution in [0.4, 0.5) is 0 Å². The van der Waals surface area contributed by atoms with E-state index < -0.39 is 0 Å². The van der Waals surface area contributed by atoms with Crippen molar-refractivity contribution in [1.29, 1.82) is 0 Å². The van der Waals surface area contributed by atoms with Crippen molar-refractivity contribution in [3.05, 3.63) is 218 Å². The van der Waals surface area contributed by atoms with E-state index in [4.69, 9.17) is 0 Å². The van der Waals surface area contributed by atoms with Gasteiger partial charge in [-0.3, -0.25) is 0 Å². The zero-order valence-electron chi connectivity index (χ0n) is 30.8. The van der Waals surface area contributed by atoms with Crippen LogP contribution in [0.3, 0.4) is 0 Å². The standard InChI is InChI=1S/C56H36/c1-5-13-43-33-47(25-19-37(43)9-1)41-17-23-42(24-18-41)51-29-31-54-53(55(51)49-27-21-39-11-3-7-15-45(39)35-49)32-30-52(48-26-20-38-10-2-6-14-44(38)34-48)56(54)50-28-22-40-12-4-8-16-46(40)36-50/h1-36H. The molecule has 0 saturated heterocycles. The molecule has 0 spiro atoms. The van der Waals surface area contributed by atoms with Crippen LogP contribution in [0.25, 0.3) is 109 Å². The molecule has 11 aromatic carbocycles. The van der Waals surface area contributed by atoms with Crippen LogP contribution in [0.1, 0.15) is 0 Å². The van der Waals surface area contributed by atoms with Crippen molar-refractivity contribution >= 4 is 53.9 Å². The Labute approximate surface area is 326 Å². The lowest BCUT2D eigenvalue weighted by atomic mass is 9.83. The molecule has 11 rings (SSSR count). The van der Waals surface area contributed by atoms with Gasteiger partial charge in [-0.1, -0.05) is 194 Å². The topological polar surface area (TPSA) is 0 Å². The number of hydrogen-bond donors (Lipinski definition) is 0. The van der Waals surface area contributed by atoms with Gasteiger partial charge in [-0.15, -0.1) is 0 Å². The van der Waals surface area contributed by atoms with Crippen LogP contribution in [0, 0.1) is 0 Å². The van der Waals surface area contributed by atoms with Gasteiger partial charge in [-0.05, 0) is 134 Å². The van der Waals surface area contributed by atoms with Gasteiger partial charge in [-0.25, -0.2) is 0 Å². The van der Waals surface area contributed by atoms with Crippen LogP contribution in [-0.2, 0) is 0 Å². The van der Waals surface area contributed by atoms with Gasteiger partial charge in [-0.2, -0.15) is 0 Å². The summed E-state index contributed by atoms with van der Waals surface area (Å²) >= 11 is 0. The molecule has 0 N–H and O–H groups in total. The summed E-state index contributed by atoms with van der Waals surface area (Å²) in [7, 11) is 0. The van der Waals surface area contributed by atoms with Crippen molar-refractivity contribution in [1.82, 2.24) is 0 Å². The Hall–Kier alpha value is -7.28. The Kier molecular flexibility index (Phi) is 7.60. The quantitative estimate of drug-likeness (QED) is 0.167. The summed E-state index contributed by atoms with van der Waals surface area (Å²) in [6.07, 6.45) is 0. The molecule has 0 saturated carbocycles. The lowest BCUT2D eigenvalue weighted by molar-refractivity contribution is 1.59. The van der Waals surface area contributed by atoms with E-state index in [1.54, 1.807) is 0 Å². The molecule has 0 nitrogen and oxygen atoms in total. The number of benzene rings is 11. The molecule has 11 aromatic rings. The largest absolute Gasteiger partial charge is 0.0616 e. The van der Waals surface area contributed by atoms with Crippen molar-refractivity contribution in [3.63, 3.8) is 0 Å². The Morgan fingerprint density at radius 2 is 0.482 bits per heavy atom. The predicted octanol–water partition coefficient (Wildman–Crippen LogP) is 15.8. The second kappa shape index (κ2) is 13.2. The van der Waals surface area contributed by atoms with Crippen LogP contribution < -0.4 is 0 Å². The van der Waals surface area contributed by atoms with Crippen molar-refractivity contribution in [2.24, 2.45) is 0 Å². The van der Waals surface area contributed by atoms with Crippen molar-refractivity contribution < 1.29 is 0 Å². The molecule has 0 aliphatic heterocycles. The summed E-state index contributed by atoms with van der Waals surface area (Å²) in [5.41, 5.74) is 12.2. The lowest BCUT2D eigenvalue weighted by Gasteiger charge is -2.20. The molecule has 0 atom stereocenters. The third-order valence-corrected chi connectivity index (χ3v) is 11.6. The van der Waals surface area contributed by atoms with Crippen molar-refractivity contribution in [2.45, 2.75) is 0 Å². The Balaban J connectivity index is 1.16. The molecule has 0 radical (unpaired) electrons. The van der Waals surface area contributed by atoms with E-state index in [0.29, 0.717) is 0 Å². The smallest absolute Gasteiger partial charge is 0.00264 e. The van der Waals surface area contributed by atoms with Gasteiger partial charge in [0.1, 0.15) is 0 Å². The monoisotopic (exact) mass is 708 g/mol. The van der Waals surface area contributed by atoms with Gasteiger partial charge in [0.2, 0.25) is 0 Å². The first kappa shape index (κ1) is 32.2. The zero-order chi connectivity index (χ0) is 37.0. The van der Waals surface area contributed by atoms with E-state index in [1.807, 2.05) is 0 Å². The third-order valence-electron chi connectivity index (χ3n) is 11.6. The summed E-state index contributed by atoms with van der Waals surface area (Å²) < 4.78 is 0. The SMILES string of the molecule is c1ccc2cc(-c3ccc(-c4ccc5c(-c6ccc7ccccc7c6)c(-c6ccc7ccccc7c6)ccc5c4-c4ccc5ccccc5c4)cc3)ccc2c1.